The van der Waals surface area contributed by atoms with Crippen LogP contribution in [-0.4, -0.2) is 96.7 Å². The van der Waals surface area contributed by atoms with Gasteiger partial charge in [0.1, 0.15) is 30.6 Å². The first-order chi connectivity index (χ1) is 26.8. The van der Waals surface area contributed by atoms with E-state index in [0.717, 1.165) is 37.7 Å². The van der Waals surface area contributed by atoms with Crippen LogP contribution in [0.15, 0.2) is 53.4 Å². The Hall–Kier alpha value is -5.65. The van der Waals surface area contributed by atoms with Gasteiger partial charge in [-0.15, -0.1) is 5.10 Å². The number of ketones is 1. The maximum Gasteiger partial charge on any atom is 0.407 e. The summed E-state index contributed by atoms with van der Waals surface area (Å²) in [6.45, 7) is 3.38. The molecule has 2 aliphatic rings. The SMILES string of the molecule is CC(C)(O)c1cnnn1[C@H]1C[C@@H](C(=O)NC(CCCCNC(=O)OCc2ccccc2)C(=O)C(N)=O)N(C(=O)[C@@H](CC2CCCCC2)NC(=O)c2ncco2)C1. The fourth-order valence-electron chi connectivity index (χ4n) is 7.31. The molecule has 1 aliphatic heterocycles. The van der Waals surface area contributed by atoms with Crippen molar-refractivity contribution in [3.8, 4) is 0 Å². The normalized spacial score (nSPS) is 18.4. The van der Waals surface area contributed by atoms with Gasteiger partial charge in [0.25, 0.3) is 11.8 Å². The van der Waals surface area contributed by atoms with Crippen molar-refractivity contribution in [1.29, 1.82) is 0 Å². The van der Waals surface area contributed by atoms with Gasteiger partial charge in [0.05, 0.1) is 30.2 Å². The molecule has 4 atom stereocenters. The highest BCUT2D eigenvalue weighted by molar-refractivity contribution is 6.37. The van der Waals surface area contributed by atoms with E-state index in [0.29, 0.717) is 25.0 Å². The van der Waals surface area contributed by atoms with Crippen LogP contribution >= 0.6 is 0 Å². The van der Waals surface area contributed by atoms with Crippen LogP contribution in [0.1, 0.15) is 106 Å². The van der Waals surface area contributed by atoms with Crippen LogP contribution in [-0.2, 0) is 36.1 Å². The fraction of sp³-hybridized carbons (Fsp3) is 0.553. The smallest absolute Gasteiger partial charge is 0.407 e. The number of ether oxygens (including phenoxy) is 1. The van der Waals surface area contributed by atoms with Crippen molar-refractivity contribution < 1.29 is 43.0 Å². The zero-order valence-electron chi connectivity index (χ0n) is 31.7. The number of unbranched alkanes of at least 4 members (excludes halogenated alkanes) is 1. The minimum Gasteiger partial charge on any atom is -0.445 e. The highest BCUT2D eigenvalue weighted by atomic mass is 16.5. The van der Waals surface area contributed by atoms with Crippen LogP contribution in [0, 0.1) is 5.92 Å². The van der Waals surface area contributed by atoms with Crippen molar-refractivity contribution in [3.63, 3.8) is 0 Å². The van der Waals surface area contributed by atoms with E-state index in [-0.39, 0.29) is 44.3 Å². The molecule has 18 nitrogen and oxygen atoms in total. The van der Waals surface area contributed by atoms with Gasteiger partial charge < -0.3 is 40.8 Å². The van der Waals surface area contributed by atoms with E-state index in [4.69, 9.17) is 14.9 Å². The van der Waals surface area contributed by atoms with Crippen molar-refractivity contribution in [2.45, 2.75) is 114 Å². The molecule has 2 aromatic heterocycles. The van der Waals surface area contributed by atoms with Gasteiger partial charge in [-0.2, -0.15) is 0 Å². The van der Waals surface area contributed by atoms with Crippen LogP contribution in [0.2, 0.25) is 0 Å². The number of likely N-dealkylation sites (tertiary alicyclic amines) is 1. The number of aliphatic hydroxyl groups is 1. The lowest BCUT2D eigenvalue weighted by Gasteiger charge is -2.32. The number of carbonyl (C=O) groups is 6. The first-order valence-corrected chi connectivity index (χ1v) is 19.0. The zero-order chi connectivity index (χ0) is 40.2. The summed E-state index contributed by atoms with van der Waals surface area (Å²) in [6.07, 6.45) is 9.20. The second-order valence-electron chi connectivity index (χ2n) is 14.9. The van der Waals surface area contributed by atoms with Gasteiger partial charge in [0.15, 0.2) is 0 Å². The first-order valence-electron chi connectivity index (χ1n) is 19.0. The predicted octanol–water partition coefficient (Wildman–Crippen LogP) is 2.04. The third-order valence-electron chi connectivity index (χ3n) is 10.2. The third kappa shape index (κ3) is 11.2. The Balaban J connectivity index is 1.31. The molecule has 1 aromatic carbocycles. The lowest BCUT2D eigenvalue weighted by Crippen LogP contribution is -2.56. The molecular formula is C38H51N9O9. The topological polar surface area (TPSA) is 254 Å². The number of primary amides is 1. The van der Waals surface area contributed by atoms with Gasteiger partial charge in [-0.3, -0.25) is 24.0 Å². The molecule has 5 rings (SSSR count). The molecule has 1 unspecified atom stereocenters. The van der Waals surface area contributed by atoms with Crippen molar-refractivity contribution in [1.82, 2.24) is 40.8 Å². The predicted molar refractivity (Wildman–Crippen MR) is 198 cm³/mol. The maximum absolute atomic E-state index is 14.6. The second-order valence-corrected chi connectivity index (χ2v) is 14.9. The number of amides is 5. The Bertz CT molecular complexity index is 1800. The molecule has 2 fully saturated rings. The highest BCUT2D eigenvalue weighted by Crippen LogP contribution is 2.33. The largest absolute Gasteiger partial charge is 0.445 e. The van der Waals surface area contributed by atoms with E-state index in [9.17, 15) is 33.9 Å². The van der Waals surface area contributed by atoms with E-state index in [1.807, 2.05) is 30.3 Å². The van der Waals surface area contributed by atoms with E-state index in [1.165, 1.54) is 28.2 Å². The molecule has 56 heavy (non-hydrogen) atoms. The summed E-state index contributed by atoms with van der Waals surface area (Å²) >= 11 is 0. The number of alkyl carbamates (subject to hydrolysis) is 1. The number of nitrogens with one attached hydrogen (secondary N) is 3. The summed E-state index contributed by atoms with van der Waals surface area (Å²) in [6, 6.07) is 5.00. The van der Waals surface area contributed by atoms with Crippen LogP contribution in [0.3, 0.4) is 0 Å². The molecule has 5 amide bonds. The molecular weight excluding hydrogens is 726 g/mol. The molecule has 0 radical (unpaired) electrons. The number of nitrogens with zero attached hydrogens (tertiary/aromatic N) is 5. The molecule has 0 spiro atoms. The van der Waals surface area contributed by atoms with Gasteiger partial charge in [-0.25, -0.2) is 14.5 Å². The van der Waals surface area contributed by atoms with E-state index >= 15 is 0 Å². The summed E-state index contributed by atoms with van der Waals surface area (Å²) < 4.78 is 11.9. The fourth-order valence-corrected chi connectivity index (χ4v) is 7.31. The average molecular weight is 778 g/mol. The quantitative estimate of drug-likeness (QED) is 0.0919. The molecule has 1 aliphatic carbocycles. The van der Waals surface area contributed by atoms with Crippen LogP contribution in [0.5, 0.6) is 0 Å². The van der Waals surface area contributed by atoms with Crippen molar-refractivity contribution >= 4 is 35.5 Å². The van der Waals surface area contributed by atoms with Crippen molar-refractivity contribution in [2.75, 3.05) is 13.1 Å². The standard InChI is InChI=1S/C38H51N9O9/c1-38(2,54)30-21-42-45-47(30)26-20-29(46(22-26)36(52)28(19-24-11-5-3-6-12-24)44-34(51)35-40-17-18-55-35)33(50)43-27(31(48)32(39)49)15-9-10-16-41-37(53)56-23-25-13-7-4-8-14-25/h4,7-8,13-14,17-18,21,24,26-29,54H,3,5-6,9-12,15-16,19-20,22-23H2,1-2H3,(H2,39,49)(H,41,53)(H,43,50)(H,44,51)/t26-,27?,28+,29-/m0/s1. The summed E-state index contributed by atoms with van der Waals surface area (Å²) in [4.78, 5) is 84.5. The molecule has 1 saturated heterocycles. The number of aromatic nitrogens is 4. The minimum absolute atomic E-state index is 0.0142. The number of hydrogen-bond donors (Lipinski definition) is 5. The van der Waals surface area contributed by atoms with Crippen LogP contribution in [0.25, 0.3) is 0 Å². The Morgan fingerprint density at radius 1 is 1.04 bits per heavy atom. The Morgan fingerprint density at radius 3 is 2.46 bits per heavy atom. The molecule has 18 heteroatoms. The number of nitrogens with two attached hydrogens (primary N) is 1. The van der Waals surface area contributed by atoms with E-state index in [2.05, 4.69) is 31.2 Å². The zero-order valence-corrected chi connectivity index (χ0v) is 31.7. The monoisotopic (exact) mass is 777 g/mol. The summed E-state index contributed by atoms with van der Waals surface area (Å²) in [5.74, 6) is -4.28. The first kappa shape index (κ1) is 41.5. The number of benzene rings is 1. The van der Waals surface area contributed by atoms with Gasteiger partial charge in [-0.05, 0) is 51.0 Å². The summed E-state index contributed by atoms with van der Waals surface area (Å²) in [5.41, 5.74) is 5.20. The van der Waals surface area contributed by atoms with Gasteiger partial charge in [0, 0.05) is 19.5 Å². The maximum atomic E-state index is 14.6. The summed E-state index contributed by atoms with van der Waals surface area (Å²) in [7, 11) is 0. The lowest BCUT2D eigenvalue weighted by molar-refractivity contribution is -0.142. The van der Waals surface area contributed by atoms with Crippen molar-refractivity contribution in [2.24, 2.45) is 11.7 Å². The number of rotatable bonds is 18. The molecule has 302 valence electrons. The number of carbonyl (C=O) groups excluding carboxylic acids is 6. The molecule has 3 aromatic rings. The number of hydrogen-bond acceptors (Lipinski definition) is 12. The summed E-state index contributed by atoms with van der Waals surface area (Å²) in [5, 5.41) is 27.1. The van der Waals surface area contributed by atoms with Gasteiger partial charge in [-0.1, -0.05) is 67.6 Å². The lowest BCUT2D eigenvalue weighted by atomic mass is 9.84. The Kier molecular flexibility index (Phi) is 14.3. The molecule has 0 bridgehead atoms. The van der Waals surface area contributed by atoms with E-state index in [1.54, 1.807) is 13.8 Å². The van der Waals surface area contributed by atoms with Gasteiger partial charge >= 0.3 is 12.0 Å². The van der Waals surface area contributed by atoms with Crippen molar-refractivity contribution in [3.05, 3.63) is 66.1 Å². The highest BCUT2D eigenvalue weighted by Gasteiger charge is 2.45. The molecule has 1 saturated carbocycles. The van der Waals surface area contributed by atoms with Gasteiger partial charge in [0.2, 0.25) is 17.6 Å². The number of Topliss-reactive ketones (excluding diaryl/α,β-unsaturated/α-hetero) is 1. The van der Waals surface area contributed by atoms with Crippen LogP contribution in [0.4, 0.5) is 4.79 Å². The average Bonchev–Trinajstić information content (AvgIpc) is 3.98. The van der Waals surface area contributed by atoms with Crippen LogP contribution < -0.4 is 21.7 Å². The third-order valence-corrected chi connectivity index (χ3v) is 10.2. The Labute approximate surface area is 324 Å². The number of oxazole rings is 1. The molecule has 3 heterocycles. The minimum atomic E-state index is -1.36. The Morgan fingerprint density at radius 2 is 1.79 bits per heavy atom. The second kappa shape index (κ2) is 19.3. The van der Waals surface area contributed by atoms with E-state index < -0.39 is 65.3 Å². The molecule has 6 N–H and O–H groups in total.